The summed E-state index contributed by atoms with van der Waals surface area (Å²) in [7, 11) is -7.66. The highest BCUT2D eigenvalue weighted by atomic mass is 32.2. The molecule has 2 aliphatic carbocycles. The smallest absolute Gasteiger partial charge is 0.312 e. The van der Waals surface area contributed by atoms with Gasteiger partial charge in [0.05, 0.1) is 9.79 Å². The Morgan fingerprint density at radius 2 is 1.16 bits per heavy atom. The first-order valence-electron chi connectivity index (χ1n) is 15.9. The molecule has 0 heterocycles. The van der Waals surface area contributed by atoms with Crippen LogP contribution in [0.15, 0.2) is 94.7 Å². The van der Waals surface area contributed by atoms with E-state index in [1.807, 2.05) is 18.2 Å². The van der Waals surface area contributed by atoms with Crippen LogP contribution in [0.2, 0.25) is 0 Å². The number of hydrogen-bond acceptors (Lipinski definition) is 6. The van der Waals surface area contributed by atoms with Gasteiger partial charge in [0.1, 0.15) is 11.6 Å². The molecule has 2 unspecified atom stereocenters. The minimum Gasteiger partial charge on any atom is -0.352 e. The molecule has 0 fully saturated rings. The van der Waals surface area contributed by atoms with E-state index in [-0.39, 0.29) is 15.7 Å². The first-order chi connectivity index (χ1) is 23.3. The third-order valence-corrected chi connectivity index (χ3v) is 11.4. The lowest BCUT2D eigenvalue weighted by Gasteiger charge is -2.26. The summed E-state index contributed by atoms with van der Waals surface area (Å²) in [5.41, 5.74) is 16.3. The maximum atomic E-state index is 13.3. The van der Waals surface area contributed by atoms with Gasteiger partial charge in [0, 0.05) is 23.8 Å². The number of nitrogens with two attached hydrogens (primary N) is 2. The Kier molecular flexibility index (Phi) is 11.2. The third-order valence-electron chi connectivity index (χ3n) is 8.69. The lowest BCUT2D eigenvalue weighted by atomic mass is 9.82. The Balaban J connectivity index is 0.000000192. The lowest BCUT2D eigenvalue weighted by Crippen LogP contribution is -2.33. The molecule has 0 bridgehead atoms. The second kappa shape index (κ2) is 15.3. The highest BCUT2D eigenvalue weighted by molar-refractivity contribution is 7.93. The van der Waals surface area contributed by atoms with Crippen LogP contribution in [-0.2, 0) is 32.9 Å². The van der Waals surface area contributed by atoms with Crippen molar-refractivity contribution in [3.63, 3.8) is 0 Å². The first kappa shape index (κ1) is 35.8. The standard InChI is InChI=1S/C18H20FN3O3S.C17H19FN2O2S/c19-14-5-2-6-16(10-14)26(24,25)22-15-7-8-17-12(9-15)3-1-4-13(17)11-21-18(20)23;18-14-5-2-6-16(10-14)23(21,22)20-15-7-8-17-12(9-15)3-1-4-13(17)11-19/h2,5-10,13,22H,1,3-4,11H2,(H3,20,21,23);2,5-10,13,20H,1,3-4,11,19H2. The van der Waals surface area contributed by atoms with E-state index in [1.54, 1.807) is 18.2 Å². The van der Waals surface area contributed by atoms with Gasteiger partial charge in [-0.05, 0) is 134 Å². The molecular weight excluding hydrogens is 673 g/mol. The summed E-state index contributed by atoms with van der Waals surface area (Å²) < 4.78 is 81.1. The number of anilines is 2. The zero-order valence-corrected chi connectivity index (χ0v) is 28.3. The van der Waals surface area contributed by atoms with Gasteiger partial charge in [-0.15, -0.1) is 0 Å². The van der Waals surface area contributed by atoms with Gasteiger partial charge >= 0.3 is 6.03 Å². The van der Waals surface area contributed by atoms with Gasteiger partial charge in [0.15, 0.2) is 0 Å². The van der Waals surface area contributed by atoms with Crippen LogP contribution in [0.5, 0.6) is 0 Å². The van der Waals surface area contributed by atoms with Crippen molar-refractivity contribution >= 4 is 37.5 Å². The molecule has 14 heteroatoms. The summed E-state index contributed by atoms with van der Waals surface area (Å²) in [5, 5.41) is 2.63. The summed E-state index contributed by atoms with van der Waals surface area (Å²) >= 11 is 0. The molecule has 2 aliphatic rings. The number of benzene rings is 4. The van der Waals surface area contributed by atoms with Crippen molar-refractivity contribution in [3.05, 3.63) is 119 Å². The Bertz CT molecular complexity index is 2040. The number of primary amides is 1. The zero-order chi connectivity index (χ0) is 35.2. The highest BCUT2D eigenvalue weighted by Crippen LogP contribution is 2.34. The van der Waals surface area contributed by atoms with Crippen LogP contribution in [0.1, 0.15) is 59.8 Å². The number of aryl methyl sites for hydroxylation is 2. The number of amides is 2. The van der Waals surface area contributed by atoms with Crippen molar-refractivity contribution in [2.75, 3.05) is 22.5 Å². The number of halogens is 2. The van der Waals surface area contributed by atoms with E-state index < -0.39 is 37.7 Å². The number of sulfonamides is 2. The molecule has 0 spiro atoms. The highest BCUT2D eigenvalue weighted by Gasteiger charge is 2.23. The van der Waals surface area contributed by atoms with E-state index in [9.17, 15) is 30.4 Å². The Morgan fingerprint density at radius 1 is 0.694 bits per heavy atom. The molecule has 260 valence electrons. The summed E-state index contributed by atoms with van der Waals surface area (Å²) in [5.74, 6) is -0.694. The maximum absolute atomic E-state index is 13.3. The second-order valence-electron chi connectivity index (χ2n) is 12.1. The van der Waals surface area contributed by atoms with E-state index in [2.05, 4.69) is 14.8 Å². The molecule has 2 amide bonds. The van der Waals surface area contributed by atoms with Crippen LogP contribution in [0, 0.1) is 11.6 Å². The molecule has 0 saturated carbocycles. The van der Waals surface area contributed by atoms with Crippen molar-refractivity contribution in [2.45, 2.75) is 60.2 Å². The Hall–Kier alpha value is -4.53. The topological polar surface area (TPSA) is 173 Å². The summed E-state index contributed by atoms with van der Waals surface area (Å²) in [4.78, 5) is 10.7. The molecule has 4 aromatic carbocycles. The molecule has 7 N–H and O–H groups in total. The van der Waals surface area contributed by atoms with E-state index in [0.29, 0.717) is 30.4 Å². The quantitative estimate of drug-likeness (QED) is 0.149. The number of nitrogens with one attached hydrogen (secondary N) is 3. The van der Waals surface area contributed by atoms with Crippen molar-refractivity contribution < 1.29 is 30.4 Å². The van der Waals surface area contributed by atoms with E-state index in [1.165, 1.54) is 42.0 Å². The van der Waals surface area contributed by atoms with E-state index in [4.69, 9.17) is 11.5 Å². The predicted octanol–water partition coefficient (Wildman–Crippen LogP) is 5.72. The first-order valence-corrected chi connectivity index (χ1v) is 18.9. The van der Waals surface area contributed by atoms with Crippen LogP contribution in [0.4, 0.5) is 25.0 Å². The van der Waals surface area contributed by atoms with Crippen LogP contribution >= 0.6 is 0 Å². The van der Waals surface area contributed by atoms with Crippen LogP contribution in [-0.4, -0.2) is 36.0 Å². The fraction of sp³-hybridized carbons (Fsp3) is 0.286. The van der Waals surface area contributed by atoms with Crippen LogP contribution < -0.4 is 26.2 Å². The Morgan fingerprint density at radius 3 is 1.61 bits per heavy atom. The van der Waals surface area contributed by atoms with Gasteiger partial charge in [0.25, 0.3) is 20.0 Å². The summed E-state index contributed by atoms with van der Waals surface area (Å²) in [6.45, 7) is 1.05. The van der Waals surface area contributed by atoms with Crippen molar-refractivity contribution in [1.82, 2.24) is 5.32 Å². The van der Waals surface area contributed by atoms with Gasteiger partial charge in [-0.25, -0.2) is 30.4 Å². The molecule has 0 aromatic heterocycles. The minimum atomic E-state index is -3.86. The van der Waals surface area contributed by atoms with Crippen molar-refractivity contribution in [3.8, 4) is 0 Å². The van der Waals surface area contributed by atoms with Gasteiger partial charge in [-0.3, -0.25) is 9.44 Å². The predicted molar refractivity (Wildman–Crippen MR) is 185 cm³/mol. The van der Waals surface area contributed by atoms with Crippen LogP contribution in [0.25, 0.3) is 0 Å². The summed E-state index contributed by atoms with van der Waals surface area (Å²) in [6, 6.07) is 20.1. The molecule has 4 aromatic rings. The SMILES string of the molecule is NC(=O)NCC1CCCc2cc(NS(=O)(=O)c3cccc(F)c3)ccc21.NCC1CCCc2cc(NS(=O)(=O)c3cccc(F)c3)ccc21. The van der Waals surface area contributed by atoms with Gasteiger partial charge in [-0.2, -0.15) is 0 Å². The summed E-state index contributed by atoms with van der Waals surface area (Å²) in [6.07, 6.45) is 5.74. The fourth-order valence-electron chi connectivity index (χ4n) is 6.33. The van der Waals surface area contributed by atoms with Gasteiger partial charge < -0.3 is 16.8 Å². The number of fused-ring (bicyclic) bond motifs is 2. The molecule has 10 nitrogen and oxygen atoms in total. The second-order valence-corrected chi connectivity index (χ2v) is 15.5. The number of urea groups is 1. The number of rotatable bonds is 9. The number of carbonyl (C=O) groups excluding carboxylic acids is 1. The number of hydrogen-bond donors (Lipinski definition) is 5. The molecule has 2 atom stereocenters. The van der Waals surface area contributed by atoms with Gasteiger partial charge in [0.2, 0.25) is 0 Å². The van der Waals surface area contributed by atoms with E-state index >= 15 is 0 Å². The largest absolute Gasteiger partial charge is 0.352 e. The molecule has 49 heavy (non-hydrogen) atoms. The Labute approximate surface area is 285 Å². The normalized spacial score (nSPS) is 17.0. The van der Waals surface area contributed by atoms with Crippen LogP contribution in [0.3, 0.4) is 0 Å². The average Bonchev–Trinajstić information content (AvgIpc) is 3.06. The average molecular weight is 712 g/mol. The molecular formula is C35H39F2N5O5S2. The van der Waals surface area contributed by atoms with Gasteiger partial charge in [-0.1, -0.05) is 24.3 Å². The van der Waals surface area contributed by atoms with Crippen molar-refractivity contribution in [1.29, 1.82) is 0 Å². The monoisotopic (exact) mass is 711 g/mol. The fourth-order valence-corrected chi connectivity index (χ4v) is 8.50. The third kappa shape index (κ3) is 9.13. The van der Waals surface area contributed by atoms with E-state index in [0.717, 1.165) is 67.3 Å². The zero-order valence-electron chi connectivity index (χ0n) is 26.7. The molecule has 0 saturated heterocycles. The minimum absolute atomic E-state index is 0.0879. The molecule has 0 radical (unpaired) electrons. The molecule has 0 aliphatic heterocycles. The lowest BCUT2D eigenvalue weighted by molar-refractivity contribution is 0.248. The maximum Gasteiger partial charge on any atom is 0.312 e. The van der Waals surface area contributed by atoms with Crippen molar-refractivity contribution in [2.24, 2.45) is 11.5 Å². The number of carbonyl (C=O) groups is 1. The molecule has 6 rings (SSSR count).